The summed E-state index contributed by atoms with van der Waals surface area (Å²) in [5, 5.41) is 5.02. The summed E-state index contributed by atoms with van der Waals surface area (Å²) < 4.78 is 14.6. The number of rotatable bonds is 6. The fourth-order valence-electron chi connectivity index (χ4n) is 3.30. The van der Waals surface area contributed by atoms with Crippen molar-refractivity contribution in [1.82, 2.24) is 15.0 Å². The van der Waals surface area contributed by atoms with E-state index < -0.39 is 0 Å². The van der Waals surface area contributed by atoms with Gasteiger partial charge < -0.3 is 0 Å². The summed E-state index contributed by atoms with van der Waals surface area (Å²) in [7, 11) is 0. The van der Waals surface area contributed by atoms with E-state index in [1.54, 1.807) is 41.8 Å². The van der Waals surface area contributed by atoms with Crippen LogP contribution in [0.2, 0.25) is 0 Å². The van der Waals surface area contributed by atoms with Gasteiger partial charge in [0.25, 0.3) is 11.5 Å². The molecule has 1 aromatic heterocycles. The lowest BCUT2D eigenvalue weighted by Gasteiger charge is -2.14. The molecule has 4 aromatic rings. The Morgan fingerprint density at radius 2 is 1.76 bits per heavy atom. The van der Waals surface area contributed by atoms with Crippen molar-refractivity contribution in [3.63, 3.8) is 0 Å². The average molecular weight is 461 g/mol. The molecule has 0 bridgehead atoms. The van der Waals surface area contributed by atoms with Gasteiger partial charge >= 0.3 is 0 Å². The van der Waals surface area contributed by atoms with Crippen LogP contribution in [0, 0.1) is 12.7 Å². The van der Waals surface area contributed by atoms with Gasteiger partial charge in [0.2, 0.25) is 0 Å². The molecule has 33 heavy (non-hydrogen) atoms. The van der Waals surface area contributed by atoms with E-state index in [0.717, 1.165) is 17.3 Å². The quantitative estimate of drug-likeness (QED) is 0.199. The summed E-state index contributed by atoms with van der Waals surface area (Å²) in [6.07, 6.45) is 0. The molecule has 1 amide bonds. The predicted octanol–water partition coefficient (Wildman–Crippen LogP) is 4.47. The highest BCUT2D eigenvalue weighted by atomic mass is 32.2. The Hall–Kier alpha value is -3.78. The molecule has 8 heteroatoms. The van der Waals surface area contributed by atoms with E-state index in [1.807, 2.05) is 37.3 Å². The molecule has 0 saturated carbocycles. The van der Waals surface area contributed by atoms with Gasteiger partial charge in [0, 0.05) is 0 Å². The summed E-state index contributed by atoms with van der Waals surface area (Å²) in [4.78, 5) is 30.4. The lowest BCUT2D eigenvalue weighted by molar-refractivity contribution is -0.118. The minimum Gasteiger partial charge on any atom is -0.272 e. The number of amides is 1. The second-order valence-electron chi connectivity index (χ2n) is 7.37. The van der Waals surface area contributed by atoms with Gasteiger partial charge in [-0.2, -0.15) is 5.10 Å². The van der Waals surface area contributed by atoms with Crippen LogP contribution in [0.3, 0.4) is 0 Å². The SMILES string of the molecule is C/C(=N/NC(=O)CSc1nc2ccccc2c(=O)n1-c1ccccc1C)c1ccc(F)cc1. The first-order chi connectivity index (χ1) is 15.9. The van der Waals surface area contributed by atoms with Gasteiger partial charge in [-0.25, -0.2) is 14.8 Å². The second kappa shape index (κ2) is 9.79. The molecule has 166 valence electrons. The third kappa shape index (κ3) is 5.01. The minimum atomic E-state index is -0.347. The molecule has 3 aromatic carbocycles. The van der Waals surface area contributed by atoms with Crippen molar-refractivity contribution in [3.05, 3.63) is 100 Å². The zero-order valence-corrected chi connectivity index (χ0v) is 18.9. The van der Waals surface area contributed by atoms with Gasteiger partial charge in [0.05, 0.1) is 28.1 Å². The third-order valence-corrected chi connectivity index (χ3v) is 5.98. The largest absolute Gasteiger partial charge is 0.272 e. The van der Waals surface area contributed by atoms with Crippen LogP contribution in [-0.2, 0) is 4.79 Å². The summed E-state index contributed by atoms with van der Waals surface area (Å²) in [5.74, 6) is -0.675. The number of nitrogens with zero attached hydrogens (tertiary/aromatic N) is 3. The monoisotopic (exact) mass is 460 g/mol. The summed E-state index contributed by atoms with van der Waals surface area (Å²) >= 11 is 1.16. The Morgan fingerprint density at radius 3 is 2.52 bits per heavy atom. The second-order valence-corrected chi connectivity index (χ2v) is 8.31. The predicted molar refractivity (Wildman–Crippen MR) is 130 cm³/mol. The highest BCUT2D eigenvalue weighted by Crippen LogP contribution is 2.23. The Kier molecular flexibility index (Phi) is 6.65. The number of benzene rings is 3. The molecule has 1 N–H and O–H groups in total. The maximum absolute atomic E-state index is 13.3. The smallest absolute Gasteiger partial charge is 0.266 e. The van der Waals surface area contributed by atoms with Crippen LogP contribution < -0.4 is 11.0 Å². The van der Waals surface area contributed by atoms with Crippen molar-refractivity contribution in [2.75, 3.05) is 5.75 Å². The molecule has 0 unspecified atom stereocenters. The average Bonchev–Trinajstić information content (AvgIpc) is 2.82. The first-order valence-electron chi connectivity index (χ1n) is 10.2. The lowest BCUT2D eigenvalue weighted by Crippen LogP contribution is -2.25. The number of nitrogens with one attached hydrogen (secondary N) is 1. The zero-order valence-electron chi connectivity index (χ0n) is 18.1. The number of hydrazone groups is 1. The van der Waals surface area contributed by atoms with Crippen molar-refractivity contribution in [1.29, 1.82) is 0 Å². The summed E-state index contributed by atoms with van der Waals surface area (Å²) in [6.45, 7) is 3.65. The number of carbonyl (C=O) groups excluding carboxylic acids is 1. The van der Waals surface area contributed by atoms with Gasteiger partial charge in [-0.1, -0.05) is 54.2 Å². The lowest BCUT2D eigenvalue weighted by atomic mass is 10.1. The van der Waals surface area contributed by atoms with Crippen molar-refractivity contribution >= 4 is 34.3 Å². The number of para-hydroxylation sites is 2. The van der Waals surface area contributed by atoms with Gasteiger partial charge in [0.15, 0.2) is 5.16 Å². The normalized spacial score (nSPS) is 11.5. The maximum Gasteiger partial charge on any atom is 0.266 e. The summed E-state index contributed by atoms with van der Waals surface area (Å²) in [6, 6.07) is 20.5. The van der Waals surface area contributed by atoms with Crippen molar-refractivity contribution in [2.45, 2.75) is 19.0 Å². The topological polar surface area (TPSA) is 76.3 Å². The first kappa shape index (κ1) is 22.4. The van der Waals surface area contributed by atoms with E-state index in [0.29, 0.717) is 33.0 Å². The number of aromatic nitrogens is 2. The van der Waals surface area contributed by atoms with Crippen LogP contribution in [0.5, 0.6) is 0 Å². The highest BCUT2D eigenvalue weighted by Gasteiger charge is 2.16. The number of fused-ring (bicyclic) bond motifs is 1. The minimum absolute atomic E-state index is 0.0108. The molecule has 0 aliphatic carbocycles. The van der Waals surface area contributed by atoms with E-state index in [4.69, 9.17) is 0 Å². The fraction of sp³-hybridized carbons (Fsp3) is 0.120. The third-order valence-electron chi connectivity index (χ3n) is 5.04. The maximum atomic E-state index is 13.3. The van der Waals surface area contributed by atoms with Crippen LogP contribution >= 0.6 is 11.8 Å². The Morgan fingerprint density at radius 1 is 1.06 bits per heavy atom. The standard InChI is InChI=1S/C25H21FN4O2S/c1-16-7-3-6-10-22(16)30-24(32)20-8-4-5-9-21(20)27-25(30)33-15-23(31)29-28-17(2)18-11-13-19(26)14-12-18/h3-14H,15H2,1-2H3,(H,29,31)/b28-17-. The van der Waals surface area contributed by atoms with E-state index in [1.165, 1.54) is 12.1 Å². The number of hydrogen-bond acceptors (Lipinski definition) is 5. The number of halogens is 1. The van der Waals surface area contributed by atoms with Crippen molar-refractivity contribution < 1.29 is 9.18 Å². The molecule has 1 heterocycles. The van der Waals surface area contributed by atoms with Gasteiger partial charge in [-0.15, -0.1) is 0 Å². The summed E-state index contributed by atoms with van der Waals surface area (Å²) in [5.41, 5.74) is 5.77. The van der Waals surface area contributed by atoms with Gasteiger partial charge in [0.1, 0.15) is 5.82 Å². The molecule has 0 aliphatic heterocycles. The number of carbonyl (C=O) groups is 1. The van der Waals surface area contributed by atoms with Crippen LogP contribution in [0.15, 0.2) is 87.8 Å². The number of thioether (sulfide) groups is 1. The molecule has 0 radical (unpaired) electrons. The Labute approximate surface area is 194 Å². The molecule has 6 nitrogen and oxygen atoms in total. The van der Waals surface area contributed by atoms with E-state index in [-0.39, 0.29) is 23.0 Å². The van der Waals surface area contributed by atoms with Crippen LogP contribution in [0.1, 0.15) is 18.1 Å². The molecule has 0 spiro atoms. The first-order valence-corrected chi connectivity index (χ1v) is 11.2. The van der Waals surface area contributed by atoms with Crippen molar-refractivity contribution in [3.8, 4) is 5.69 Å². The van der Waals surface area contributed by atoms with Gasteiger partial charge in [-0.3, -0.25) is 14.2 Å². The molecule has 4 rings (SSSR count). The zero-order chi connectivity index (χ0) is 23.4. The Bertz CT molecular complexity index is 1410. The molecule has 0 aliphatic rings. The van der Waals surface area contributed by atoms with E-state index >= 15 is 0 Å². The van der Waals surface area contributed by atoms with Gasteiger partial charge in [-0.05, 0) is 55.3 Å². The molecular formula is C25H21FN4O2S. The fourth-order valence-corrected chi connectivity index (χ4v) is 4.10. The Balaban J connectivity index is 1.59. The van der Waals surface area contributed by atoms with E-state index in [2.05, 4.69) is 15.5 Å². The number of hydrogen-bond donors (Lipinski definition) is 1. The molecular weight excluding hydrogens is 439 g/mol. The van der Waals surface area contributed by atoms with Crippen LogP contribution in [-0.4, -0.2) is 26.9 Å². The number of aryl methyl sites for hydroxylation is 1. The molecule has 0 fully saturated rings. The van der Waals surface area contributed by atoms with Crippen LogP contribution in [0.4, 0.5) is 4.39 Å². The van der Waals surface area contributed by atoms with E-state index in [9.17, 15) is 14.0 Å². The molecule has 0 saturated heterocycles. The van der Waals surface area contributed by atoms with Crippen LogP contribution in [0.25, 0.3) is 16.6 Å². The molecule has 0 atom stereocenters. The highest BCUT2D eigenvalue weighted by molar-refractivity contribution is 7.99. The van der Waals surface area contributed by atoms with Crippen molar-refractivity contribution in [2.24, 2.45) is 5.10 Å².